The molecule has 3 rings (SSSR count). The number of anilines is 1. The van der Waals surface area contributed by atoms with Gasteiger partial charge in [0.1, 0.15) is 0 Å². The van der Waals surface area contributed by atoms with Crippen molar-refractivity contribution in [1.82, 2.24) is 4.31 Å². The third-order valence-corrected chi connectivity index (χ3v) is 6.57. The number of nitrogens with zero attached hydrogens (tertiary/aromatic N) is 3. The predicted molar refractivity (Wildman–Crippen MR) is 108 cm³/mol. The van der Waals surface area contributed by atoms with E-state index in [0.29, 0.717) is 13.2 Å². The highest BCUT2D eigenvalue weighted by Crippen LogP contribution is 2.30. The Kier molecular flexibility index (Phi) is 6.36. The van der Waals surface area contributed by atoms with Gasteiger partial charge in [-0.25, -0.2) is 8.42 Å². The summed E-state index contributed by atoms with van der Waals surface area (Å²) in [6, 6.07) is 11.3. The molecule has 0 N–H and O–H groups in total. The smallest absolute Gasteiger partial charge is 0.312 e. The zero-order valence-corrected chi connectivity index (χ0v) is 17.1. The molecule has 29 heavy (non-hydrogen) atoms. The molecule has 156 valence electrons. The number of morpholine rings is 1. The number of nitro benzene ring substituents is 1. The van der Waals surface area contributed by atoms with Gasteiger partial charge in [-0.05, 0) is 29.8 Å². The summed E-state index contributed by atoms with van der Waals surface area (Å²) in [7, 11) is -1.16. The van der Waals surface area contributed by atoms with Crippen molar-refractivity contribution in [1.29, 1.82) is 0 Å². The highest BCUT2D eigenvalue weighted by atomic mass is 32.2. The standard InChI is InChI=1S/C19H23N3O6S/c1-20(14-15-3-5-16(6-4-15)21-9-11-28-12-10-21)29(25,26)17-7-8-19(27-2)18(13-17)22(23)24/h3-8,13H,9-12,14H2,1-2H3. The van der Waals surface area contributed by atoms with Gasteiger partial charge in [-0.3, -0.25) is 10.1 Å². The van der Waals surface area contributed by atoms with Crippen LogP contribution < -0.4 is 9.64 Å². The first kappa shape index (κ1) is 21.0. The maximum Gasteiger partial charge on any atom is 0.312 e. The Morgan fingerprint density at radius 1 is 1.17 bits per heavy atom. The fourth-order valence-electron chi connectivity index (χ4n) is 3.13. The molecular weight excluding hydrogens is 398 g/mol. The summed E-state index contributed by atoms with van der Waals surface area (Å²) in [5, 5.41) is 11.2. The molecule has 0 saturated carbocycles. The molecule has 1 aliphatic heterocycles. The minimum Gasteiger partial charge on any atom is -0.490 e. The van der Waals surface area contributed by atoms with Crippen LogP contribution in [-0.2, 0) is 21.3 Å². The third-order valence-electron chi connectivity index (χ3n) is 4.77. The summed E-state index contributed by atoms with van der Waals surface area (Å²) in [6.45, 7) is 3.17. The molecule has 0 radical (unpaired) electrons. The summed E-state index contributed by atoms with van der Waals surface area (Å²) in [5.74, 6) is 0.00954. The molecule has 0 unspecified atom stereocenters. The van der Waals surface area contributed by atoms with Crippen LogP contribution in [0.15, 0.2) is 47.4 Å². The molecule has 10 heteroatoms. The van der Waals surface area contributed by atoms with Crippen LogP contribution in [0.25, 0.3) is 0 Å². The van der Waals surface area contributed by atoms with Crippen LogP contribution in [0, 0.1) is 10.1 Å². The number of methoxy groups -OCH3 is 1. The Labute approximate surface area is 169 Å². The largest absolute Gasteiger partial charge is 0.490 e. The van der Waals surface area contributed by atoms with E-state index in [-0.39, 0.29) is 17.2 Å². The molecule has 9 nitrogen and oxygen atoms in total. The number of nitro groups is 1. The molecular formula is C19H23N3O6S. The molecule has 1 saturated heterocycles. The Hall–Kier alpha value is -2.69. The van der Waals surface area contributed by atoms with Crippen molar-refractivity contribution >= 4 is 21.4 Å². The minimum absolute atomic E-state index is 0.00954. The minimum atomic E-state index is -3.90. The van der Waals surface area contributed by atoms with Crippen LogP contribution in [0.4, 0.5) is 11.4 Å². The van der Waals surface area contributed by atoms with Crippen molar-refractivity contribution in [2.45, 2.75) is 11.4 Å². The second kappa shape index (κ2) is 8.76. The van der Waals surface area contributed by atoms with Crippen molar-refractivity contribution < 1.29 is 22.8 Å². The number of ether oxygens (including phenoxy) is 2. The Morgan fingerprint density at radius 3 is 2.41 bits per heavy atom. The zero-order valence-electron chi connectivity index (χ0n) is 16.3. The topological polar surface area (TPSA) is 102 Å². The molecule has 0 bridgehead atoms. The first-order valence-corrected chi connectivity index (χ1v) is 10.5. The average molecular weight is 421 g/mol. The normalized spacial score (nSPS) is 14.8. The maximum atomic E-state index is 12.9. The highest BCUT2D eigenvalue weighted by Gasteiger charge is 2.25. The van der Waals surface area contributed by atoms with E-state index in [2.05, 4.69) is 4.90 Å². The number of sulfonamides is 1. The van der Waals surface area contributed by atoms with Gasteiger partial charge in [-0.1, -0.05) is 12.1 Å². The number of rotatable bonds is 7. The van der Waals surface area contributed by atoms with Gasteiger partial charge < -0.3 is 14.4 Å². The van der Waals surface area contributed by atoms with Crippen molar-refractivity contribution in [2.75, 3.05) is 45.4 Å². The monoisotopic (exact) mass is 421 g/mol. The van der Waals surface area contributed by atoms with Gasteiger partial charge in [0.05, 0.1) is 30.1 Å². The zero-order chi connectivity index (χ0) is 21.0. The lowest BCUT2D eigenvalue weighted by Gasteiger charge is -2.29. The van der Waals surface area contributed by atoms with E-state index in [1.54, 1.807) is 0 Å². The van der Waals surface area contributed by atoms with Crippen LogP contribution in [0.2, 0.25) is 0 Å². The fourth-order valence-corrected chi connectivity index (χ4v) is 4.31. The molecule has 1 fully saturated rings. The SMILES string of the molecule is COc1ccc(S(=O)(=O)N(C)Cc2ccc(N3CCOCC3)cc2)cc1[N+](=O)[O-]. The van der Waals surface area contributed by atoms with Crippen LogP contribution in [0.1, 0.15) is 5.56 Å². The van der Waals surface area contributed by atoms with Gasteiger partial charge in [0, 0.05) is 38.4 Å². The third kappa shape index (κ3) is 4.66. The fraction of sp³-hybridized carbons (Fsp3) is 0.368. The van der Waals surface area contributed by atoms with Crippen molar-refractivity contribution in [2.24, 2.45) is 0 Å². The summed E-state index contributed by atoms with van der Waals surface area (Å²) in [6.07, 6.45) is 0. The first-order valence-electron chi connectivity index (χ1n) is 9.03. The first-order chi connectivity index (χ1) is 13.8. The molecule has 1 aliphatic rings. The molecule has 0 aliphatic carbocycles. The van der Waals surface area contributed by atoms with Gasteiger partial charge in [-0.15, -0.1) is 0 Å². The Balaban J connectivity index is 1.76. The van der Waals surface area contributed by atoms with Crippen LogP contribution in [0.5, 0.6) is 5.75 Å². The summed E-state index contributed by atoms with van der Waals surface area (Å²) < 4.78 is 37.2. The molecule has 0 aromatic heterocycles. The van der Waals surface area contributed by atoms with Gasteiger partial charge in [0.15, 0.2) is 5.75 Å². The van der Waals surface area contributed by atoms with E-state index >= 15 is 0 Å². The second-order valence-corrected chi connectivity index (χ2v) is 8.66. The van der Waals surface area contributed by atoms with Gasteiger partial charge in [0.25, 0.3) is 0 Å². The quantitative estimate of drug-likeness (QED) is 0.499. The van der Waals surface area contributed by atoms with E-state index in [1.807, 2.05) is 24.3 Å². The van der Waals surface area contributed by atoms with E-state index in [4.69, 9.17) is 9.47 Å². The molecule has 2 aromatic carbocycles. The molecule has 1 heterocycles. The average Bonchev–Trinajstić information content (AvgIpc) is 2.74. The van der Waals surface area contributed by atoms with Crippen LogP contribution >= 0.6 is 0 Å². The highest BCUT2D eigenvalue weighted by molar-refractivity contribution is 7.89. The summed E-state index contributed by atoms with van der Waals surface area (Å²) in [5.41, 5.74) is 1.49. The van der Waals surface area contributed by atoms with Crippen LogP contribution in [-0.4, -0.2) is 58.1 Å². The predicted octanol–water partition coefficient (Wildman–Crippen LogP) is 2.26. The van der Waals surface area contributed by atoms with E-state index in [1.165, 1.54) is 30.6 Å². The molecule has 2 aromatic rings. The van der Waals surface area contributed by atoms with Gasteiger partial charge >= 0.3 is 5.69 Å². The van der Waals surface area contributed by atoms with Crippen molar-refractivity contribution in [3.8, 4) is 5.75 Å². The Morgan fingerprint density at radius 2 is 1.83 bits per heavy atom. The van der Waals surface area contributed by atoms with Crippen LogP contribution in [0.3, 0.4) is 0 Å². The van der Waals surface area contributed by atoms with Crippen molar-refractivity contribution in [3.05, 3.63) is 58.1 Å². The maximum absolute atomic E-state index is 12.9. The lowest BCUT2D eigenvalue weighted by molar-refractivity contribution is -0.386. The second-order valence-electron chi connectivity index (χ2n) is 6.62. The lowest BCUT2D eigenvalue weighted by Crippen LogP contribution is -2.36. The lowest BCUT2D eigenvalue weighted by atomic mass is 10.2. The number of benzene rings is 2. The van der Waals surface area contributed by atoms with E-state index in [9.17, 15) is 18.5 Å². The molecule has 0 atom stereocenters. The number of hydrogen-bond donors (Lipinski definition) is 0. The van der Waals surface area contributed by atoms with E-state index in [0.717, 1.165) is 30.4 Å². The number of hydrogen-bond acceptors (Lipinski definition) is 7. The summed E-state index contributed by atoms with van der Waals surface area (Å²) in [4.78, 5) is 12.6. The van der Waals surface area contributed by atoms with E-state index < -0.39 is 20.6 Å². The molecule has 0 amide bonds. The van der Waals surface area contributed by atoms with Gasteiger partial charge in [-0.2, -0.15) is 4.31 Å². The van der Waals surface area contributed by atoms with Crippen molar-refractivity contribution in [3.63, 3.8) is 0 Å². The molecule has 0 spiro atoms. The summed E-state index contributed by atoms with van der Waals surface area (Å²) >= 11 is 0. The Bertz CT molecular complexity index is 972. The van der Waals surface area contributed by atoms with Gasteiger partial charge in [0.2, 0.25) is 10.0 Å².